The Morgan fingerprint density at radius 3 is 2.71 bits per heavy atom. The quantitative estimate of drug-likeness (QED) is 0.591. The van der Waals surface area contributed by atoms with Gasteiger partial charge in [-0.3, -0.25) is 14.2 Å². The van der Waals surface area contributed by atoms with E-state index in [0.29, 0.717) is 16.7 Å². The van der Waals surface area contributed by atoms with E-state index in [1.54, 1.807) is 25.2 Å². The van der Waals surface area contributed by atoms with E-state index in [1.165, 1.54) is 11.5 Å². The number of hydrogen-bond acceptors (Lipinski definition) is 4. The summed E-state index contributed by atoms with van der Waals surface area (Å²) in [4.78, 5) is 33.8. The Morgan fingerprint density at radius 2 is 2.06 bits per heavy atom. The first-order chi connectivity index (χ1) is 7.99. The van der Waals surface area contributed by atoms with Gasteiger partial charge in [-0.15, -0.1) is 0 Å². The fourth-order valence-corrected chi connectivity index (χ4v) is 1.63. The van der Waals surface area contributed by atoms with Crippen molar-refractivity contribution in [2.24, 2.45) is 7.05 Å². The van der Waals surface area contributed by atoms with Gasteiger partial charge in [0.05, 0.1) is 11.9 Å². The molecule has 0 spiro atoms. The van der Waals surface area contributed by atoms with Crippen LogP contribution in [0.4, 0.5) is 0 Å². The molecule has 88 valence electrons. The molecule has 0 aliphatic heterocycles. The summed E-state index contributed by atoms with van der Waals surface area (Å²) in [5, 5.41) is 0. The van der Waals surface area contributed by atoms with Crippen molar-refractivity contribution in [3.63, 3.8) is 0 Å². The van der Waals surface area contributed by atoms with Crippen LogP contribution < -0.4 is 5.76 Å². The van der Waals surface area contributed by atoms with Gasteiger partial charge in [-0.1, -0.05) is 0 Å². The minimum Gasteiger partial charge on any atom is -0.408 e. The number of hydrogen-bond donors (Lipinski definition) is 0. The number of carbonyl (C=O) groups is 2. The minimum atomic E-state index is -0.476. The monoisotopic (exact) mass is 233 g/mol. The summed E-state index contributed by atoms with van der Waals surface area (Å²) < 4.78 is 6.26. The zero-order valence-corrected chi connectivity index (χ0v) is 9.52. The normalized spacial score (nSPS) is 10.7. The lowest BCUT2D eigenvalue weighted by Crippen LogP contribution is -2.09. The molecule has 2 rings (SSSR count). The molecule has 0 unspecified atom stereocenters. The molecule has 2 aromatic rings. The van der Waals surface area contributed by atoms with E-state index in [2.05, 4.69) is 0 Å². The third-order valence-electron chi connectivity index (χ3n) is 2.52. The first-order valence-electron chi connectivity index (χ1n) is 5.11. The van der Waals surface area contributed by atoms with Gasteiger partial charge in [-0.05, 0) is 25.1 Å². The highest BCUT2D eigenvalue weighted by Gasteiger charge is 2.12. The molecule has 0 aliphatic carbocycles. The van der Waals surface area contributed by atoms with Crippen molar-refractivity contribution in [3.8, 4) is 0 Å². The maximum Gasteiger partial charge on any atom is 0.419 e. The molecule has 17 heavy (non-hydrogen) atoms. The Bertz CT molecular complexity index is 663. The van der Waals surface area contributed by atoms with E-state index in [1.807, 2.05) is 0 Å². The van der Waals surface area contributed by atoms with E-state index >= 15 is 0 Å². The van der Waals surface area contributed by atoms with Crippen LogP contribution in [0.15, 0.2) is 27.4 Å². The summed E-state index contributed by atoms with van der Waals surface area (Å²) in [7, 11) is 1.56. The summed E-state index contributed by atoms with van der Waals surface area (Å²) in [5.74, 6) is -0.916. The predicted molar refractivity (Wildman–Crippen MR) is 61.1 cm³/mol. The average molecular weight is 233 g/mol. The fourth-order valence-electron chi connectivity index (χ4n) is 1.63. The van der Waals surface area contributed by atoms with Crippen LogP contribution in [0.2, 0.25) is 0 Å². The molecular formula is C12H11NO4. The molecule has 0 fully saturated rings. The smallest absolute Gasteiger partial charge is 0.408 e. The van der Waals surface area contributed by atoms with Crippen LogP contribution in [-0.2, 0) is 11.8 Å². The molecule has 0 atom stereocenters. The van der Waals surface area contributed by atoms with E-state index in [-0.39, 0.29) is 18.0 Å². The van der Waals surface area contributed by atoms with Crippen LogP contribution in [0.5, 0.6) is 0 Å². The molecule has 1 heterocycles. The van der Waals surface area contributed by atoms with Gasteiger partial charge in [-0.2, -0.15) is 0 Å². The molecule has 0 radical (unpaired) electrons. The number of carbonyl (C=O) groups excluding carboxylic acids is 2. The molecule has 0 amide bonds. The Morgan fingerprint density at radius 1 is 1.35 bits per heavy atom. The lowest BCUT2D eigenvalue weighted by atomic mass is 10.1. The van der Waals surface area contributed by atoms with E-state index in [9.17, 15) is 14.4 Å². The van der Waals surface area contributed by atoms with Crippen molar-refractivity contribution in [2.45, 2.75) is 13.3 Å². The minimum absolute atomic E-state index is 0.128. The SMILES string of the molecule is CC(=O)CC(=O)c1ccc2oc(=O)n(C)c2c1. The maximum atomic E-state index is 11.7. The van der Waals surface area contributed by atoms with Gasteiger partial charge in [0.1, 0.15) is 5.78 Å². The number of ketones is 2. The molecule has 1 aromatic heterocycles. The largest absolute Gasteiger partial charge is 0.419 e. The number of benzene rings is 1. The molecule has 5 heteroatoms. The van der Waals surface area contributed by atoms with Crippen molar-refractivity contribution in [3.05, 3.63) is 34.3 Å². The zero-order chi connectivity index (χ0) is 12.6. The van der Waals surface area contributed by atoms with Gasteiger partial charge in [0.2, 0.25) is 0 Å². The molecule has 5 nitrogen and oxygen atoms in total. The molecule has 0 N–H and O–H groups in total. The van der Waals surface area contributed by atoms with Gasteiger partial charge in [-0.25, -0.2) is 4.79 Å². The molecule has 0 bridgehead atoms. The van der Waals surface area contributed by atoms with Crippen molar-refractivity contribution in [1.29, 1.82) is 0 Å². The average Bonchev–Trinajstić information content (AvgIpc) is 2.54. The molecule has 0 saturated carbocycles. The number of oxazole rings is 1. The van der Waals surface area contributed by atoms with E-state index < -0.39 is 5.76 Å². The Kier molecular flexibility index (Phi) is 2.67. The maximum absolute atomic E-state index is 11.7. The zero-order valence-electron chi connectivity index (χ0n) is 9.52. The second-order valence-corrected chi connectivity index (χ2v) is 3.91. The summed E-state index contributed by atoms with van der Waals surface area (Å²) in [6, 6.07) is 4.67. The highest BCUT2D eigenvalue weighted by molar-refractivity contribution is 6.08. The second kappa shape index (κ2) is 4.01. The van der Waals surface area contributed by atoms with Crippen LogP contribution in [0.25, 0.3) is 11.1 Å². The summed E-state index contributed by atoms with van der Waals surface area (Å²) >= 11 is 0. The van der Waals surface area contributed by atoms with E-state index in [0.717, 1.165) is 0 Å². The molecule has 0 aliphatic rings. The standard InChI is InChI=1S/C12H11NO4/c1-7(14)5-10(15)8-3-4-11-9(6-8)13(2)12(16)17-11/h3-4,6H,5H2,1-2H3. The first kappa shape index (κ1) is 11.3. The molecular weight excluding hydrogens is 222 g/mol. The van der Waals surface area contributed by atoms with E-state index in [4.69, 9.17) is 4.42 Å². The third kappa shape index (κ3) is 2.04. The third-order valence-corrected chi connectivity index (χ3v) is 2.52. The predicted octanol–water partition coefficient (Wildman–Crippen LogP) is 1.29. The Hall–Kier alpha value is -2.17. The van der Waals surface area contributed by atoms with Crippen LogP contribution >= 0.6 is 0 Å². The number of rotatable bonds is 3. The van der Waals surface area contributed by atoms with Crippen LogP contribution in [0.3, 0.4) is 0 Å². The van der Waals surface area contributed by atoms with Gasteiger partial charge < -0.3 is 4.42 Å². The van der Waals surface area contributed by atoms with Gasteiger partial charge >= 0.3 is 5.76 Å². The topological polar surface area (TPSA) is 69.3 Å². The lowest BCUT2D eigenvalue weighted by Gasteiger charge is -1.99. The number of fused-ring (bicyclic) bond motifs is 1. The number of nitrogens with zero attached hydrogens (tertiary/aromatic N) is 1. The first-order valence-corrected chi connectivity index (χ1v) is 5.11. The van der Waals surface area contributed by atoms with Gasteiger partial charge in [0.25, 0.3) is 0 Å². The summed E-state index contributed by atoms with van der Waals surface area (Å²) in [5.41, 5.74) is 1.38. The highest BCUT2D eigenvalue weighted by Crippen LogP contribution is 2.15. The van der Waals surface area contributed by atoms with Gasteiger partial charge in [0, 0.05) is 12.6 Å². The van der Waals surface area contributed by atoms with Crippen LogP contribution in [0.1, 0.15) is 23.7 Å². The Balaban J connectivity index is 2.50. The van der Waals surface area contributed by atoms with Crippen LogP contribution in [0, 0.1) is 0 Å². The van der Waals surface area contributed by atoms with Crippen molar-refractivity contribution < 1.29 is 14.0 Å². The van der Waals surface area contributed by atoms with Crippen molar-refractivity contribution in [2.75, 3.05) is 0 Å². The summed E-state index contributed by atoms with van der Waals surface area (Å²) in [6.07, 6.45) is -0.128. The van der Waals surface area contributed by atoms with Crippen molar-refractivity contribution >= 4 is 22.7 Å². The second-order valence-electron chi connectivity index (χ2n) is 3.91. The van der Waals surface area contributed by atoms with Crippen LogP contribution in [-0.4, -0.2) is 16.1 Å². The van der Waals surface area contributed by atoms with Crippen molar-refractivity contribution in [1.82, 2.24) is 4.57 Å². The Labute approximate surface area is 96.6 Å². The van der Waals surface area contributed by atoms with Gasteiger partial charge in [0.15, 0.2) is 11.4 Å². The number of Topliss-reactive ketones (excluding diaryl/α,β-unsaturated/α-hetero) is 2. The number of aromatic nitrogens is 1. The molecule has 1 aromatic carbocycles. The lowest BCUT2D eigenvalue weighted by molar-refractivity contribution is -0.116. The molecule has 0 saturated heterocycles. The summed E-state index contributed by atoms with van der Waals surface area (Å²) in [6.45, 7) is 1.37. The number of aryl methyl sites for hydroxylation is 1. The fraction of sp³-hybridized carbons (Fsp3) is 0.250. The highest BCUT2D eigenvalue weighted by atomic mass is 16.4.